The molecule has 0 unspecified atom stereocenters. The van der Waals surface area contributed by atoms with Crippen LogP contribution >= 0.6 is 0 Å². The Labute approximate surface area is 48.2 Å². The van der Waals surface area contributed by atoms with Gasteiger partial charge in [-0.2, -0.15) is 0 Å². The van der Waals surface area contributed by atoms with Crippen LogP contribution in [0.4, 0.5) is 0 Å². The van der Waals surface area contributed by atoms with E-state index in [0.29, 0.717) is 6.54 Å². The summed E-state index contributed by atoms with van der Waals surface area (Å²) < 4.78 is 0. The normalized spacial score (nSPS) is 17.4. The van der Waals surface area contributed by atoms with Gasteiger partial charge in [0.1, 0.15) is 6.20 Å². The highest BCUT2D eigenvalue weighted by Crippen LogP contribution is 1.91. The number of hydrogen-bond acceptors (Lipinski definition) is 3. The summed E-state index contributed by atoms with van der Waals surface area (Å²) in [5.74, 6) is 0. The monoisotopic (exact) mass is 111 g/mol. The Morgan fingerprint density at radius 3 is 3.12 bits per heavy atom. The fourth-order valence-corrected chi connectivity index (χ4v) is 0.452. The van der Waals surface area contributed by atoms with Gasteiger partial charge < -0.3 is 0 Å². The van der Waals surface area contributed by atoms with E-state index in [9.17, 15) is 0 Å². The van der Waals surface area contributed by atoms with Crippen molar-refractivity contribution in [2.45, 2.75) is 0 Å². The number of aliphatic imine (C=N–C) groups is 1. The third-order valence-corrected chi connectivity index (χ3v) is 0.864. The third kappa shape index (κ3) is 1.07. The maximum absolute atomic E-state index is 4.82. The second-order valence-electron chi connectivity index (χ2n) is 1.35. The molecule has 0 amide bonds. The molecule has 8 heavy (non-hydrogen) atoms. The van der Waals surface area contributed by atoms with Crippen molar-refractivity contribution in [2.24, 2.45) is 4.99 Å². The van der Waals surface area contributed by atoms with Crippen LogP contribution in [0.15, 0.2) is 11.2 Å². The molecule has 0 saturated carbocycles. The van der Waals surface area contributed by atoms with Crippen molar-refractivity contribution in [3.05, 3.63) is 12.4 Å². The highest BCUT2D eigenvalue weighted by atomic mass is 16.7. The molecule has 1 radical (unpaired) electrons. The van der Waals surface area contributed by atoms with E-state index in [1.807, 2.05) is 0 Å². The minimum Gasteiger partial charge on any atom is -0.277 e. The second kappa shape index (κ2) is 2.47. The Morgan fingerprint density at radius 1 is 1.88 bits per heavy atom. The Hall–Kier alpha value is -0.830. The molecular weight excluding hydrogens is 104 g/mol. The van der Waals surface area contributed by atoms with Crippen LogP contribution < -0.4 is 0 Å². The average molecular weight is 111 g/mol. The van der Waals surface area contributed by atoms with Crippen LogP contribution in [0.25, 0.3) is 0 Å². The van der Waals surface area contributed by atoms with E-state index < -0.39 is 0 Å². The van der Waals surface area contributed by atoms with Crippen LogP contribution in [-0.2, 0) is 4.84 Å². The molecule has 0 atom stereocenters. The summed E-state index contributed by atoms with van der Waals surface area (Å²) in [6.45, 7) is 0.712. The van der Waals surface area contributed by atoms with E-state index >= 15 is 0 Å². The van der Waals surface area contributed by atoms with Gasteiger partial charge in [0.25, 0.3) is 0 Å². The van der Waals surface area contributed by atoms with Crippen LogP contribution in [0.3, 0.4) is 0 Å². The molecule has 0 spiro atoms. The van der Waals surface area contributed by atoms with Crippen molar-refractivity contribution in [1.29, 1.82) is 0 Å². The minimum absolute atomic E-state index is 0.712. The smallest absolute Gasteiger partial charge is 0.108 e. The van der Waals surface area contributed by atoms with Crippen molar-refractivity contribution < 1.29 is 4.84 Å². The van der Waals surface area contributed by atoms with E-state index in [1.54, 1.807) is 24.6 Å². The Kier molecular flexibility index (Phi) is 1.64. The van der Waals surface area contributed by atoms with Crippen molar-refractivity contribution in [2.75, 3.05) is 13.7 Å². The van der Waals surface area contributed by atoms with Crippen LogP contribution in [0.1, 0.15) is 0 Å². The predicted molar refractivity (Wildman–Crippen MR) is 30.0 cm³/mol. The topological polar surface area (TPSA) is 24.8 Å². The van der Waals surface area contributed by atoms with E-state index in [-0.39, 0.29) is 0 Å². The number of nitrogens with zero attached hydrogens (tertiary/aromatic N) is 2. The maximum atomic E-state index is 4.82. The highest BCUT2D eigenvalue weighted by molar-refractivity contribution is 5.60. The van der Waals surface area contributed by atoms with Gasteiger partial charge in [-0.3, -0.25) is 14.9 Å². The summed E-state index contributed by atoms with van der Waals surface area (Å²) >= 11 is 0. The predicted octanol–water partition coefficient (Wildman–Crippen LogP) is 0.209. The molecule has 3 heteroatoms. The summed E-state index contributed by atoms with van der Waals surface area (Å²) in [6.07, 6.45) is 6.01. The van der Waals surface area contributed by atoms with Crippen LogP contribution in [-0.4, -0.2) is 24.9 Å². The summed E-state index contributed by atoms with van der Waals surface area (Å²) in [6, 6.07) is 0. The first-order chi connectivity index (χ1) is 3.93. The molecule has 1 rings (SSSR count). The van der Waals surface area contributed by atoms with Crippen LogP contribution in [0.5, 0.6) is 0 Å². The number of hydrogen-bond donors (Lipinski definition) is 0. The van der Waals surface area contributed by atoms with E-state index in [4.69, 9.17) is 4.84 Å². The van der Waals surface area contributed by atoms with Gasteiger partial charge in [0.2, 0.25) is 0 Å². The largest absolute Gasteiger partial charge is 0.277 e. The molecule has 43 valence electrons. The summed E-state index contributed by atoms with van der Waals surface area (Å²) in [5, 5.41) is 1.63. The van der Waals surface area contributed by atoms with Crippen molar-refractivity contribution in [3.63, 3.8) is 0 Å². The SMILES string of the molecule is CON1C=[C]N=CC1. The molecule has 0 aromatic heterocycles. The van der Waals surface area contributed by atoms with E-state index in [0.717, 1.165) is 0 Å². The molecule has 0 N–H and O–H groups in total. The van der Waals surface area contributed by atoms with Crippen LogP contribution in [0.2, 0.25) is 0 Å². The van der Waals surface area contributed by atoms with Gasteiger partial charge in [0.15, 0.2) is 0 Å². The van der Waals surface area contributed by atoms with Crippen molar-refractivity contribution in [1.82, 2.24) is 5.06 Å². The molecule has 1 aliphatic rings. The molecule has 1 heterocycles. The van der Waals surface area contributed by atoms with E-state index in [1.165, 1.54) is 0 Å². The van der Waals surface area contributed by atoms with E-state index in [2.05, 4.69) is 11.2 Å². The minimum atomic E-state index is 0.712. The lowest BCUT2D eigenvalue weighted by Gasteiger charge is -2.14. The van der Waals surface area contributed by atoms with Gasteiger partial charge in [-0.1, -0.05) is 0 Å². The third-order valence-electron chi connectivity index (χ3n) is 0.864. The van der Waals surface area contributed by atoms with Gasteiger partial charge in [0, 0.05) is 6.21 Å². The van der Waals surface area contributed by atoms with Gasteiger partial charge in [-0.05, 0) is 0 Å². The lowest BCUT2D eigenvalue weighted by Crippen LogP contribution is -2.19. The Balaban J connectivity index is 2.40. The first-order valence-electron chi connectivity index (χ1n) is 2.34. The summed E-state index contributed by atoms with van der Waals surface area (Å²) in [4.78, 5) is 8.54. The highest BCUT2D eigenvalue weighted by Gasteiger charge is 1.94. The average Bonchev–Trinajstić information content (AvgIpc) is 1.90. The zero-order chi connectivity index (χ0) is 5.82. The zero-order valence-electron chi connectivity index (χ0n) is 4.66. The molecular formula is C5H7N2O. The maximum Gasteiger partial charge on any atom is 0.108 e. The van der Waals surface area contributed by atoms with Gasteiger partial charge in [0.05, 0.1) is 19.9 Å². The summed E-state index contributed by atoms with van der Waals surface area (Å²) in [5.41, 5.74) is 0. The summed E-state index contributed by atoms with van der Waals surface area (Å²) in [7, 11) is 1.61. The van der Waals surface area contributed by atoms with Gasteiger partial charge >= 0.3 is 0 Å². The van der Waals surface area contributed by atoms with Crippen molar-refractivity contribution in [3.8, 4) is 0 Å². The van der Waals surface area contributed by atoms with Crippen LogP contribution in [0, 0.1) is 6.20 Å². The molecule has 0 fully saturated rings. The fourth-order valence-electron chi connectivity index (χ4n) is 0.452. The molecule has 0 aromatic rings. The number of hydroxylamine groups is 2. The molecule has 1 aliphatic heterocycles. The standard InChI is InChI=1S/C5H7N2O/c1-8-7-4-2-6-3-5-7/h2,5H,4H2,1H3. The van der Waals surface area contributed by atoms with Gasteiger partial charge in [-0.25, -0.2) is 0 Å². The van der Waals surface area contributed by atoms with Crippen molar-refractivity contribution >= 4 is 6.21 Å². The first-order valence-corrected chi connectivity index (χ1v) is 2.34. The Bertz CT molecular complexity index is 120. The first kappa shape index (κ1) is 5.31. The lowest BCUT2D eigenvalue weighted by atomic mass is 10.6. The fraction of sp³-hybridized carbons (Fsp3) is 0.400. The molecule has 0 aromatic carbocycles. The molecule has 3 nitrogen and oxygen atoms in total. The molecule has 0 bridgehead atoms. The second-order valence-corrected chi connectivity index (χ2v) is 1.35. The number of rotatable bonds is 1. The Morgan fingerprint density at radius 2 is 2.75 bits per heavy atom. The zero-order valence-corrected chi connectivity index (χ0v) is 4.66. The lowest BCUT2D eigenvalue weighted by molar-refractivity contribution is -0.0754. The quantitative estimate of drug-likeness (QED) is 0.483. The molecule has 0 saturated heterocycles. The van der Waals surface area contributed by atoms with Gasteiger partial charge in [-0.15, -0.1) is 0 Å². The molecule has 0 aliphatic carbocycles.